The number of sulfonamides is 1. The number of hydrogen-bond acceptors (Lipinski definition) is 5. The number of benzene rings is 2. The Kier molecular flexibility index (Phi) is 5.25. The number of carbonyl (C=O) groups excluding carboxylic acids is 1. The molecule has 1 aliphatic rings. The highest BCUT2D eigenvalue weighted by atomic mass is 32.2. The molecule has 4 rings (SSSR count). The van der Waals surface area contributed by atoms with Crippen molar-refractivity contribution in [2.75, 3.05) is 5.32 Å². The highest BCUT2D eigenvalue weighted by molar-refractivity contribution is 7.89. The fraction of sp³-hybridized carbons (Fsp3) is 0.150. The van der Waals surface area contributed by atoms with Crippen LogP contribution in [0.2, 0.25) is 0 Å². The normalized spacial score (nSPS) is 18.1. The molecule has 0 unspecified atom stereocenters. The monoisotopic (exact) mass is 480 g/mol. The molecule has 1 aliphatic heterocycles. The zero-order valence-corrected chi connectivity index (χ0v) is 17.3. The third-order valence-corrected chi connectivity index (χ3v) is 6.56. The van der Waals surface area contributed by atoms with E-state index < -0.39 is 55.2 Å². The van der Waals surface area contributed by atoms with Crippen LogP contribution < -0.4 is 21.3 Å². The van der Waals surface area contributed by atoms with Gasteiger partial charge in [-0.1, -0.05) is 48.5 Å². The second kappa shape index (κ2) is 7.71. The summed E-state index contributed by atoms with van der Waals surface area (Å²) >= 11 is 0. The van der Waals surface area contributed by atoms with E-state index in [1.165, 1.54) is 22.9 Å². The first-order chi connectivity index (χ1) is 15.5. The number of nitrogens with one attached hydrogen (secondary N) is 3. The number of aromatic nitrogens is 2. The summed E-state index contributed by atoms with van der Waals surface area (Å²) in [5.41, 5.74) is -7.37. The Labute approximate surface area is 183 Å². The third-order valence-electron chi connectivity index (χ3n) is 5.10. The van der Waals surface area contributed by atoms with Crippen molar-refractivity contribution in [1.29, 1.82) is 0 Å². The highest BCUT2D eigenvalue weighted by Gasteiger charge is 2.69. The minimum absolute atomic E-state index is 0.293. The van der Waals surface area contributed by atoms with Crippen molar-refractivity contribution in [3.05, 3.63) is 92.6 Å². The summed E-state index contributed by atoms with van der Waals surface area (Å²) in [7, 11) is -4.93. The minimum Gasteiger partial charge on any atom is -0.309 e. The number of H-pyrrole nitrogens is 1. The molecule has 0 aliphatic carbocycles. The first-order valence-electron chi connectivity index (χ1n) is 9.36. The standard InChI is InChI=1S/C20H15F3N4O5S/c21-20(22,23)19(26-33(31,32)13-9-5-2-6-10-13)14-15(24-17(19)29)27(18(30)25-16(14)28)11-12-7-3-1-4-8-12/h1-10,26H,11H2,(H,24,29)(H,25,28,30)/t19-/m1/s1. The van der Waals surface area contributed by atoms with Crippen molar-refractivity contribution in [1.82, 2.24) is 14.3 Å². The summed E-state index contributed by atoms with van der Waals surface area (Å²) in [6, 6.07) is 14.1. The van der Waals surface area contributed by atoms with Crippen LogP contribution in [0.5, 0.6) is 0 Å². The molecule has 9 nitrogen and oxygen atoms in total. The summed E-state index contributed by atoms with van der Waals surface area (Å²) in [5, 5.41) is 1.90. The fourth-order valence-electron chi connectivity index (χ4n) is 3.57. The third kappa shape index (κ3) is 3.64. The number of fused-ring (bicyclic) bond motifs is 1. The van der Waals surface area contributed by atoms with Crippen molar-refractivity contribution in [2.24, 2.45) is 0 Å². The van der Waals surface area contributed by atoms with Crippen LogP contribution in [0.1, 0.15) is 11.1 Å². The van der Waals surface area contributed by atoms with E-state index in [-0.39, 0.29) is 6.54 Å². The Morgan fingerprint density at radius 3 is 2.09 bits per heavy atom. The number of rotatable bonds is 5. The number of aromatic amines is 1. The molecule has 0 spiro atoms. The van der Waals surface area contributed by atoms with Crippen molar-refractivity contribution in [3.8, 4) is 0 Å². The van der Waals surface area contributed by atoms with Crippen molar-refractivity contribution in [3.63, 3.8) is 0 Å². The van der Waals surface area contributed by atoms with Crippen molar-refractivity contribution in [2.45, 2.75) is 23.2 Å². The average Bonchev–Trinajstić information content (AvgIpc) is 3.05. The van der Waals surface area contributed by atoms with Gasteiger partial charge in [-0.3, -0.25) is 19.1 Å². The largest absolute Gasteiger partial charge is 0.421 e. The van der Waals surface area contributed by atoms with Crippen LogP contribution in [0, 0.1) is 0 Å². The van der Waals surface area contributed by atoms with E-state index in [1.807, 2.05) is 5.32 Å². The molecule has 13 heteroatoms. The molecule has 0 radical (unpaired) electrons. The van der Waals surface area contributed by atoms with Gasteiger partial charge in [0.05, 0.1) is 17.0 Å². The average molecular weight is 480 g/mol. The molecule has 1 amide bonds. The number of hydrogen-bond donors (Lipinski definition) is 3. The molecule has 2 aromatic carbocycles. The fourth-order valence-corrected chi connectivity index (χ4v) is 4.91. The van der Waals surface area contributed by atoms with Gasteiger partial charge in [-0.05, 0) is 17.7 Å². The molecule has 0 fully saturated rings. The van der Waals surface area contributed by atoms with Crippen LogP contribution in [0.15, 0.2) is 75.1 Å². The lowest BCUT2D eigenvalue weighted by Gasteiger charge is -2.29. The lowest BCUT2D eigenvalue weighted by molar-refractivity contribution is -0.194. The minimum atomic E-state index is -5.58. The Balaban J connectivity index is 1.96. The molecule has 3 aromatic rings. The highest BCUT2D eigenvalue weighted by Crippen LogP contribution is 2.45. The summed E-state index contributed by atoms with van der Waals surface area (Å²) in [6.45, 7) is -0.293. The van der Waals surface area contributed by atoms with E-state index in [1.54, 1.807) is 35.3 Å². The molecule has 0 saturated carbocycles. The molecule has 33 heavy (non-hydrogen) atoms. The number of anilines is 1. The lowest BCUT2D eigenvalue weighted by Crippen LogP contribution is -2.61. The van der Waals surface area contributed by atoms with E-state index in [0.29, 0.717) is 5.56 Å². The maximum atomic E-state index is 14.4. The maximum absolute atomic E-state index is 14.4. The van der Waals surface area contributed by atoms with Crippen molar-refractivity contribution >= 4 is 21.7 Å². The summed E-state index contributed by atoms with van der Waals surface area (Å²) in [4.78, 5) is 38.9. The predicted molar refractivity (Wildman–Crippen MR) is 110 cm³/mol. The molecule has 0 saturated heterocycles. The number of halogens is 3. The molecule has 2 heterocycles. The van der Waals surface area contributed by atoms with Crippen LogP contribution >= 0.6 is 0 Å². The number of alkyl halides is 3. The molecular weight excluding hydrogens is 465 g/mol. The molecule has 3 N–H and O–H groups in total. The number of carbonyl (C=O) groups is 1. The molecular formula is C20H15F3N4O5S. The van der Waals surface area contributed by atoms with Gasteiger partial charge in [0.1, 0.15) is 5.82 Å². The lowest BCUT2D eigenvalue weighted by atomic mass is 9.93. The molecule has 172 valence electrons. The zero-order chi connectivity index (χ0) is 24.0. The molecule has 0 bridgehead atoms. The summed E-state index contributed by atoms with van der Waals surface area (Å²) in [5.74, 6) is -2.60. The van der Waals surface area contributed by atoms with Crippen LogP contribution in [-0.2, 0) is 26.9 Å². The Morgan fingerprint density at radius 1 is 0.939 bits per heavy atom. The predicted octanol–water partition coefficient (Wildman–Crippen LogP) is 1.27. The first kappa shape index (κ1) is 22.5. The number of amides is 1. The topological polar surface area (TPSA) is 130 Å². The quantitative estimate of drug-likeness (QED) is 0.507. The zero-order valence-electron chi connectivity index (χ0n) is 16.5. The molecule has 1 aromatic heterocycles. The van der Waals surface area contributed by atoms with Crippen molar-refractivity contribution < 1.29 is 26.4 Å². The van der Waals surface area contributed by atoms with Gasteiger partial charge in [0.25, 0.3) is 11.5 Å². The Bertz CT molecular complexity index is 1450. The van der Waals surface area contributed by atoms with Crippen LogP contribution in [0.25, 0.3) is 0 Å². The maximum Gasteiger partial charge on any atom is 0.421 e. The van der Waals surface area contributed by atoms with E-state index in [0.717, 1.165) is 16.7 Å². The first-order valence-corrected chi connectivity index (χ1v) is 10.8. The van der Waals surface area contributed by atoms with E-state index in [4.69, 9.17) is 0 Å². The summed E-state index contributed by atoms with van der Waals surface area (Å²) in [6.07, 6.45) is -5.58. The number of nitrogens with zero attached hydrogens (tertiary/aromatic N) is 1. The van der Waals surface area contributed by atoms with Gasteiger partial charge in [0, 0.05) is 0 Å². The molecule has 1 atom stereocenters. The van der Waals surface area contributed by atoms with Gasteiger partial charge < -0.3 is 5.32 Å². The van der Waals surface area contributed by atoms with Crippen LogP contribution in [0.4, 0.5) is 19.0 Å². The Morgan fingerprint density at radius 2 is 1.52 bits per heavy atom. The second-order valence-electron chi connectivity index (χ2n) is 7.18. The van der Waals surface area contributed by atoms with E-state index in [2.05, 4.69) is 0 Å². The van der Waals surface area contributed by atoms with Gasteiger partial charge in [0.15, 0.2) is 0 Å². The van der Waals surface area contributed by atoms with Gasteiger partial charge in [0.2, 0.25) is 15.6 Å². The van der Waals surface area contributed by atoms with Gasteiger partial charge >= 0.3 is 11.9 Å². The Hall–Kier alpha value is -3.71. The second-order valence-corrected chi connectivity index (χ2v) is 8.86. The van der Waals surface area contributed by atoms with Gasteiger partial charge in [-0.15, -0.1) is 0 Å². The van der Waals surface area contributed by atoms with E-state index in [9.17, 15) is 36.0 Å². The van der Waals surface area contributed by atoms with Gasteiger partial charge in [-0.25, -0.2) is 13.2 Å². The van der Waals surface area contributed by atoms with Crippen LogP contribution in [0.3, 0.4) is 0 Å². The smallest absolute Gasteiger partial charge is 0.309 e. The van der Waals surface area contributed by atoms with Gasteiger partial charge in [-0.2, -0.15) is 17.9 Å². The van der Waals surface area contributed by atoms with E-state index >= 15 is 0 Å². The summed E-state index contributed by atoms with van der Waals surface area (Å²) < 4.78 is 70.9. The SMILES string of the molecule is O=C1Nc2c(c(=O)[nH]c(=O)n2Cc2ccccc2)[C@]1(NS(=O)(=O)c1ccccc1)C(F)(F)F. The van der Waals surface area contributed by atoms with Crippen LogP contribution in [-0.4, -0.2) is 30.1 Å².